The van der Waals surface area contributed by atoms with E-state index in [1.165, 1.54) is 0 Å². The van der Waals surface area contributed by atoms with Gasteiger partial charge in [-0.1, -0.05) is 0 Å². The van der Waals surface area contributed by atoms with Crippen LogP contribution in [0.3, 0.4) is 0 Å². The molecule has 2 aromatic heterocycles. The van der Waals surface area contributed by atoms with Crippen LogP contribution in [0.4, 0.5) is 11.8 Å². The number of carbonyl (C=O) groups is 1. The maximum atomic E-state index is 12.4. The van der Waals surface area contributed by atoms with Gasteiger partial charge < -0.3 is 20.0 Å². The van der Waals surface area contributed by atoms with Crippen LogP contribution in [-0.4, -0.2) is 42.1 Å². The molecule has 26 heavy (non-hydrogen) atoms. The van der Waals surface area contributed by atoms with Gasteiger partial charge in [0.2, 0.25) is 5.95 Å². The molecule has 0 atom stereocenters. The molecule has 0 bridgehead atoms. The molecule has 0 aromatic carbocycles. The van der Waals surface area contributed by atoms with Crippen LogP contribution >= 0.6 is 0 Å². The van der Waals surface area contributed by atoms with Gasteiger partial charge in [0.15, 0.2) is 0 Å². The van der Waals surface area contributed by atoms with Crippen molar-refractivity contribution in [3.8, 4) is 0 Å². The Bertz CT molecular complexity index is 763. The number of furan rings is 1. The lowest BCUT2D eigenvalue weighted by Gasteiger charge is -2.29. The minimum Gasteiger partial charge on any atom is -0.466 e. The third-order valence-corrected chi connectivity index (χ3v) is 4.78. The monoisotopic (exact) mass is 357 g/mol. The molecule has 0 spiro atoms. The summed E-state index contributed by atoms with van der Waals surface area (Å²) in [5.74, 6) is 2.94. The summed E-state index contributed by atoms with van der Waals surface area (Å²) in [7, 11) is 3.92. The predicted octanol–water partition coefficient (Wildman–Crippen LogP) is 2.91. The fourth-order valence-corrected chi connectivity index (χ4v) is 3.35. The number of nitrogens with one attached hydrogen (secondary N) is 2. The van der Waals surface area contributed by atoms with Crippen LogP contribution in [0.15, 0.2) is 22.7 Å². The molecular weight excluding hydrogens is 330 g/mol. The number of aromatic nitrogens is 2. The zero-order chi connectivity index (χ0) is 18.7. The summed E-state index contributed by atoms with van der Waals surface area (Å²) < 4.78 is 5.45. The van der Waals surface area contributed by atoms with Gasteiger partial charge in [-0.3, -0.25) is 4.79 Å². The van der Waals surface area contributed by atoms with Gasteiger partial charge >= 0.3 is 0 Å². The molecular formula is C19H27N5O2. The van der Waals surface area contributed by atoms with Crippen molar-refractivity contribution < 1.29 is 9.21 Å². The predicted molar refractivity (Wildman–Crippen MR) is 102 cm³/mol. The Kier molecular flexibility index (Phi) is 5.44. The average Bonchev–Trinajstić information content (AvgIpc) is 2.95. The van der Waals surface area contributed by atoms with Crippen LogP contribution in [0, 0.1) is 13.8 Å². The molecule has 7 heteroatoms. The molecule has 0 unspecified atom stereocenters. The summed E-state index contributed by atoms with van der Waals surface area (Å²) in [6.45, 7) is 3.68. The lowest BCUT2D eigenvalue weighted by atomic mass is 9.91. The van der Waals surface area contributed by atoms with Gasteiger partial charge in [-0.25, -0.2) is 4.98 Å². The first kappa shape index (κ1) is 18.2. The third-order valence-electron chi connectivity index (χ3n) is 4.78. The molecule has 3 rings (SSSR count). The molecule has 2 N–H and O–H groups in total. The summed E-state index contributed by atoms with van der Waals surface area (Å²) in [6, 6.07) is 4.21. The van der Waals surface area contributed by atoms with Crippen molar-refractivity contribution in [1.29, 1.82) is 0 Å². The first-order valence-electron chi connectivity index (χ1n) is 9.07. The van der Waals surface area contributed by atoms with Crippen molar-refractivity contribution in [1.82, 2.24) is 15.3 Å². The molecule has 1 amide bonds. The minimum absolute atomic E-state index is 0.0437. The smallest absolute Gasteiger partial charge is 0.255 e. The van der Waals surface area contributed by atoms with E-state index in [-0.39, 0.29) is 11.9 Å². The van der Waals surface area contributed by atoms with Crippen molar-refractivity contribution in [3.63, 3.8) is 0 Å². The van der Waals surface area contributed by atoms with Crippen LogP contribution in [0.25, 0.3) is 0 Å². The van der Waals surface area contributed by atoms with Gasteiger partial charge in [-0.15, -0.1) is 0 Å². The molecule has 7 nitrogen and oxygen atoms in total. The summed E-state index contributed by atoms with van der Waals surface area (Å²) in [6.07, 6.45) is 5.60. The second kappa shape index (κ2) is 7.76. The van der Waals surface area contributed by atoms with E-state index >= 15 is 0 Å². The van der Waals surface area contributed by atoms with Gasteiger partial charge in [0.05, 0.1) is 5.56 Å². The average molecular weight is 357 g/mol. The van der Waals surface area contributed by atoms with Crippen LogP contribution in [-0.2, 0) is 0 Å². The van der Waals surface area contributed by atoms with Gasteiger partial charge in [-0.05, 0) is 51.7 Å². The highest BCUT2D eigenvalue weighted by Gasteiger charge is 2.24. The molecule has 1 aliphatic rings. The Balaban J connectivity index is 1.50. The van der Waals surface area contributed by atoms with Gasteiger partial charge in [-0.2, -0.15) is 4.98 Å². The summed E-state index contributed by atoms with van der Waals surface area (Å²) in [4.78, 5) is 23.2. The normalized spacial score (nSPS) is 19.8. The van der Waals surface area contributed by atoms with Gasteiger partial charge in [0.1, 0.15) is 17.3 Å². The number of hydrogen-bond donors (Lipinski definition) is 2. The second-order valence-corrected chi connectivity index (χ2v) is 7.13. The Morgan fingerprint density at radius 2 is 1.88 bits per heavy atom. The molecule has 0 saturated heterocycles. The standard InChI is InChI=1S/C19H27N5O2/c1-12-11-16(13(2)26-12)18(25)21-14-5-7-15(8-6-14)22-19-20-10-9-17(23-19)24(3)4/h9-11,14-15H,5-8H2,1-4H3,(H,21,25)(H,20,22,23). The Labute approximate surface area is 154 Å². The van der Waals surface area contributed by atoms with Crippen LogP contribution in [0.2, 0.25) is 0 Å². The quantitative estimate of drug-likeness (QED) is 0.856. The van der Waals surface area contributed by atoms with E-state index in [4.69, 9.17) is 4.42 Å². The van der Waals surface area contributed by atoms with Gasteiger partial charge in [0.25, 0.3) is 5.91 Å². The van der Waals surface area contributed by atoms with E-state index in [0.717, 1.165) is 37.3 Å². The number of carbonyl (C=O) groups excluding carboxylic acids is 1. The van der Waals surface area contributed by atoms with Crippen LogP contribution < -0.4 is 15.5 Å². The highest BCUT2D eigenvalue weighted by atomic mass is 16.3. The van der Waals surface area contributed by atoms with Crippen molar-refractivity contribution in [2.75, 3.05) is 24.3 Å². The highest BCUT2D eigenvalue weighted by molar-refractivity contribution is 5.95. The first-order chi connectivity index (χ1) is 12.4. The molecule has 0 radical (unpaired) electrons. The minimum atomic E-state index is -0.0437. The van der Waals surface area contributed by atoms with Crippen LogP contribution in [0.5, 0.6) is 0 Å². The van der Waals surface area contributed by atoms with E-state index in [0.29, 0.717) is 23.3 Å². The lowest BCUT2D eigenvalue weighted by molar-refractivity contribution is 0.0925. The van der Waals surface area contributed by atoms with Crippen molar-refractivity contribution in [3.05, 3.63) is 35.4 Å². The molecule has 2 heterocycles. The Morgan fingerprint density at radius 1 is 1.19 bits per heavy atom. The zero-order valence-electron chi connectivity index (χ0n) is 15.9. The largest absolute Gasteiger partial charge is 0.466 e. The third kappa shape index (κ3) is 4.33. The lowest BCUT2D eigenvalue weighted by Crippen LogP contribution is -2.40. The Hall–Kier alpha value is -2.57. The number of aryl methyl sites for hydroxylation is 2. The van der Waals surface area contributed by atoms with Crippen molar-refractivity contribution in [2.24, 2.45) is 0 Å². The van der Waals surface area contributed by atoms with E-state index in [1.54, 1.807) is 12.3 Å². The van der Waals surface area contributed by atoms with Crippen molar-refractivity contribution >= 4 is 17.7 Å². The SMILES string of the molecule is Cc1cc(C(=O)NC2CCC(Nc3nccc(N(C)C)n3)CC2)c(C)o1. The maximum Gasteiger partial charge on any atom is 0.255 e. The number of hydrogen-bond acceptors (Lipinski definition) is 6. The summed E-state index contributed by atoms with van der Waals surface area (Å²) >= 11 is 0. The van der Waals surface area contributed by atoms with Gasteiger partial charge in [0, 0.05) is 32.4 Å². The topological polar surface area (TPSA) is 83.3 Å². The molecule has 2 aromatic rings. The number of nitrogens with zero attached hydrogens (tertiary/aromatic N) is 3. The summed E-state index contributed by atoms with van der Waals surface area (Å²) in [5, 5.41) is 6.55. The summed E-state index contributed by atoms with van der Waals surface area (Å²) in [5.41, 5.74) is 0.636. The molecule has 1 aliphatic carbocycles. The number of anilines is 2. The van der Waals surface area contributed by atoms with Crippen LogP contribution in [0.1, 0.15) is 47.6 Å². The highest BCUT2D eigenvalue weighted by Crippen LogP contribution is 2.22. The molecule has 1 fully saturated rings. The Morgan fingerprint density at radius 3 is 2.50 bits per heavy atom. The second-order valence-electron chi connectivity index (χ2n) is 7.13. The van der Waals surface area contributed by atoms with Crippen molar-refractivity contribution in [2.45, 2.75) is 51.6 Å². The molecule has 0 aliphatic heterocycles. The first-order valence-corrected chi connectivity index (χ1v) is 9.07. The van der Waals surface area contributed by atoms with E-state index < -0.39 is 0 Å². The van der Waals surface area contributed by atoms with E-state index in [1.807, 2.05) is 38.9 Å². The maximum absolute atomic E-state index is 12.4. The van der Waals surface area contributed by atoms with E-state index in [9.17, 15) is 4.79 Å². The number of rotatable bonds is 5. The molecule has 1 saturated carbocycles. The van der Waals surface area contributed by atoms with E-state index in [2.05, 4.69) is 20.6 Å². The zero-order valence-corrected chi connectivity index (χ0v) is 15.9. The number of amides is 1. The fraction of sp³-hybridized carbons (Fsp3) is 0.526. The molecule has 140 valence electrons. The fourth-order valence-electron chi connectivity index (χ4n) is 3.35.